The fourth-order valence-electron chi connectivity index (χ4n) is 3.66. The lowest BCUT2D eigenvalue weighted by Gasteiger charge is -2.37. The number of amidine groups is 1. The maximum absolute atomic E-state index is 12.9. The number of halogens is 1. The van der Waals surface area contributed by atoms with Crippen molar-refractivity contribution in [2.75, 3.05) is 10.6 Å². The number of rotatable bonds is 3. The summed E-state index contributed by atoms with van der Waals surface area (Å²) < 4.78 is 0. The average molecular weight is 432 g/mol. The molecule has 1 heterocycles. The minimum atomic E-state index is -1.01. The van der Waals surface area contributed by atoms with Crippen molar-refractivity contribution in [2.24, 2.45) is 10.9 Å². The molecule has 2 aromatic rings. The number of aliphatic hydroxyl groups excluding tert-OH is 2. The molecule has 0 bridgehead atoms. The molecule has 4 N–H and O–H groups in total. The molecule has 152 valence electrons. The number of para-hydroxylation sites is 1. The lowest BCUT2D eigenvalue weighted by Crippen LogP contribution is -2.52. The molecule has 1 aliphatic heterocycles. The van der Waals surface area contributed by atoms with E-state index in [0.29, 0.717) is 15.9 Å². The second-order valence-corrected chi connectivity index (χ2v) is 8.93. The fourth-order valence-corrected chi connectivity index (χ4v) is 5.22. The lowest BCUT2D eigenvalue weighted by molar-refractivity contribution is -0.124. The van der Waals surface area contributed by atoms with Crippen molar-refractivity contribution in [3.05, 3.63) is 59.1 Å². The van der Waals surface area contributed by atoms with Crippen LogP contribution in [0.15, 0.2) is 53.5 Å². The summed E-state index contributed by atoms with van der Waals surface area (Å²) in [7, 11) is 0. The summed E-state index contributed by atoms with van der Waals surface area (Å²) >= 11 is 7.61. The number of nitrogens with one attached hydrogen (secondary N) is 2. The van der Waals surface area contributed by atoms with Gasteiger partial charge in [0.05, 0.1) is 18.1 Å². The van der Waals surface area contributed by atoms with Crippen molar-refractivity contribution < 1.29 is 15.0 Å². The summed E-state index contributed by atoms with van der Waals surface area (Å²) in [4.78, 5) is 17.5. The summed E-state index contributed by atoms with van der Waals surface area (Å²) in [6, 6.07) is 14.3. The predicted molar refractivity (Wildman–Crippen MR) is 118 cm³/mol. The third kappa shape index (κ3) is 4.28. The van der Waals surface area contributed by atoms with Gasteiger partial charge in [-0.1, -0.05) is 47.6 Å². The van der Waals surface area contributed by atoms with Gasteiger partial charge >= 0.3 is 0 Å². The van der Waals surface area contributed by atoms with Crippen LogP contribution in [0, 0.1) is 12.8 Å². The molecule has 0 saturated heterocycles. The maximum Gasteiger partial charge on any atom is 0.228 e. The Balaban J connectivity index is 1.51. The highest BCUT2D eigenvalue weighted by atomic mass is 35.5. The van der Waals surface area contributed by atoms with Gasteiger partial charge in [-0.25, -0.2) is 0 Å². The number of anilines is 2. The number of aliphatic hydroxyl groups is 2. The number of hydrogen-bond donors (Lipinski definition) is 4. The standard InChI is InChI=1S/C21H22ClN3O3S/c1-11-7-8-13(9-15(11)22)24-21-25-17-18(27)16(26)10-14(19(17)29-21)20(28)23-12-5-3-2-4-6-12/h2-9,14,16-19,26-27H,10H2,1H3,(H,23,28)(H,24,25)/t14-,16+,17-,18-,19+/m0/s1. The van der Waals surface area contributed by atoms with Crippen molar-refractivity contribution >= 4 is 45.8 Å². The lowest BCUT2D eigenvalue weighted by atomic mass is 9.81. The van der Waals surface area contributed by atoms with E-state index >= 15 is 0 Å². The van der Waals surface area contributed by atoms with Gasteiger partial charge in [0.15, 0.2) is 5.17 Å². The highest BCUT2D eigenvalue weighted by molar-refractivity contribution is 8.15. The highest BCUT2D eigenvalue weighted by Crippen LogP contribution is 2.42. The molecule has 5 atom stereocenters. The second-order valence-electron chi connectivity index (χ2n) is 7.35. The summed E-state index contributed by atoms with van der Waals surface area (Å²) in [5, 5.41) is 27.9. The molecule has 0 aromatic heterocycles. The van der Waals surface area contributed by atoms with Crippen molar-refractivity contribution in [3.8, 4) is 0 Å². The molecule has 1 fully saturated rings. The van der Waals surface area contributed by atoms with E-state index in [9.17, 15) is 15.0 Å². The first-order valence-corrected chi connectivity index (χ1v) is 10.7. The van der Waals surface area contributed by atoms with E-state index < -0.39 is 24.2 Å². The van der Waals surface area contributed by atoms with E-state index in [1.54, 1.807) is 0 Å². The van der Waals surface area contributed by atoms with Crippen LogP contribution in [0.1, 0.15) is 12.0 Å². The van der Waals surface area contributed by atoms with Gasteiger partial charge in [-0.2, -0.15) is 0 Å². The number of aryl methyl sites for hydroxylation is 1. The molecule has 6 nitrogen and oxygen atoms in total. The van der Waals surface area contributed by atoms with E-state index in [1.807, 2.05) is 55.5 Å². The van der Waals surface area contributed by atoms with Crippen LogP contribution >= 0.6 is 23.4 Å². The topological polar surface area (TPSA) is 94.0 Å². The third-order valence-electron chi connectivity index (χ3n) is 5.29. The molecule has 2 aliphatic rings. The largest absolute Gasteiger partial charge is 0.390 e. The van der Waals surface area contributed by atoms with Crippen LogP contribution in [0.3, 0.4) is 0 Å². The van der Waals surface area contributed by atoms with Crippen molar-refractivity contribution in [3.63, 3.8) is 0 Å². The summed E-state index contributed by atoms with van der Waals surface area (Å²) in [5.41, 5.74) is 2.46. The van der Waals surface area contributed by atoms with Crippen molar-refractivity contribution in [1.29, 1.82) is 0 Å². The van der Waals surface area contributed by atoms with Crippen LogP contribution in [0.2, 0.25) is 5.02 Å². The van der Waals surface area contributed by atoms with Gasteiger partial charge in [0.25, 0.3) is 0 Å². The Morgan fingerprint density at radius 1 is 1.17 bits per heavy atom. The number of carbonyl (C=O) groups is 1. The van der Waals surface area contributed by atoms with Crippen molar-refractivity contribution in [1.82, 2.24) is 0 Å². The van der Waals surface area contributed by atoms with Crippen LogP contribution in [-0.4, -0.2) is 44.8 Å². The highest BCUT2D eigenvalue weighted by Gasteiger charge is 2.50. The molecule has 2 aromatic carbocycles. The molecule has 1 aliphatic carbocycles. The Morgan fingerprint density at radius 2 is 1.93 bits per heavy atom. The SMILES string of the molecule is Cc1ccc(NC2=N[C@H]3[C@@H](O)[C@H](O)C[C@H](C(=O)Nc4ccccc4)[C@H]3S2)cc1Cl. The zero-order valence-electron chi connectivity index (χ0n) is 15.7. The Kier molecular flexibility index (Phi) is 5.83. The Labute approximate surface area is 178 Å². The molecule has 0 spiro atoms. The first-order chi connectivity index (χ1) is 13.9. The third-order valence-corrected chi connectivity index (χ3v) is 7.01. The van der Waals surface area contributed by atoms with Crippen LogP contribution in [0.4, 0.5) is 11.4 Å². The first-order valence-electron chi connectivity index (χ1n) is 9.42. The average Bonchev–Trinajstić information content (AvgIpc) is 3.12. The molecular weight excluding hydrogens is 410 g/mol. The predicted octanol–water partition coefficient (Wildman–Crippen LogP) is 3.28. The summed E-state index contributed by atoms with van der Waals surface area (Å²) in [6.07, 6.45) is -1.82. The van der Waals surface area contributed by atoms with Crippen LogP contribution in [0.5, 0.6) is 0 Å². The van der Waals surface area contributed by atoms with Gasteiger partial charge in [0.1, 0.15) is 6.10 Å². The number of thioether (sulfide) groups is 1. The minimum Gasteiger partial charge on any atom is -0.390 e. The fraction of sp³-hybridized carbons (Fsp3) is 0.333. The molecular formula is C21H22ClN3O3S. The van der Waals surface area contributed by atoms with Gasteiger partial charge in [0, 0.05) is 21.6 Å². The van der Waals surface area contributed by atoms with Crippen LogP contribution in [-0.2, 0) is 4.79 Å². The number of carbonyl (C=O) groups excluding carboxylic acids is 1. The number of amides is 1. The minimum absolute atomic E-state index is 0.181. The van der Waals surface area contributed by atoms with Crippen LogP contribution < -0.4 is 10.6 Å². The summed E-state index contributed by atoms with van der Waals surface area (Å²) in [5.74, 6) is -0.659. The quantitative estimate of drug-likeness (QED) is 0.598. The van der Waals surface area contributed by atoms with E-state index in [1.165, 1.54) is 11.8 Å². The monoisotopic (exact) mass is 431 g/mol. The zero-order valence-corrected chi connectivity index (χ0v) is 17.3. The Morgan fingerprint density at radius 3 is 2.66 bits per heavy atom. The number of nitrogens with zero attached hydrogens (tertiary/aromatic N) is 1. The van der Waals surface area contributed by atoms with E-state index in [4.69, 9.17) is 11.6 Å². The molecule has 1 saturated carbocycles. The molecule has 29 heavy (non-hydrogen) atoms. The maximum atomic E-state index is 12.9. The number of benzene rings is 2. The molecule has 1 amide bonds. The summed E-state index contributed by atoms with van der Waals surface area (Å²) in [6.45, 7) is 1.93. The second kappa shape index (κ2) is 8.36. The number of hydrogen-bond acceptors (Lipinski definition) is 6. The smallest absolute Gasteiger partial charge is 0.228 e. The van der Waals surface area contributed by atoms with Gasteiger partial charge in [-0.05, 0) is 43.2 Å². The van der Waals surface area contributed by atoms with Gasteiger partial charge in [-0.15, -0.1) is 0 Å². The molecule has 0 radical (unpaired) electrons. The molecule has 8 heteroatoms. The molecule has 4 rings (SSSR count). The van der Waals surface area contributed by atoms with Crippen molar-refractivity contribution in [2.45, 2.75) is 36.8 Å². The number of fused-ring (bicyclic) bond motifs is 1. The Bertz CT molecular complexity index is 940. The van der Waals surface area contributed by atoms with Gasteiger partial charge in [-0.3, -0.25) is 9.79 Å². The van der Waals surface area contributed by atoms with E-state index in [0.717, 1.165) is 11.3 Å². The van der Waals surface area contributed by atoms with E-state index in [2.05, 4.69) is 15.6 Å². The number of aliphatic imine (C=N–C) groups is 1. The van der Waals surface area contributed by atoms with Crippen LogP contribution in [0.25, 0.3) is 0 Å². The van der Waals surface area contributed by atoms with Gasteiger partial charge < -0.3 is 20.8 Å². The van der Waals surface area contributed by atoms with Gasteiger partial charge in [0.2, 0.25) is 5.91 Å². The first kappa shape index (κ1) is 20.2. The normalized spacial score (nSPS) is 28.4. The molecule has 0 unspecified atom stereocenters. The Hall–Kier alpha value is -2.06. The zero-order chi connectivity index (χ0) is 20.5. The van der Waals surface area contributed by atoms with E-state index in [-0.39, 0.29) is 17.6 Å².